The molecule has 1 amide bonds. The Labute approximate surface area is 292 Å². The number of hydrogen-bond acceptors (Lipinski definition) is 5. The lowest BCUT2D eigenvalue weighted by Gasteiger charge is -2.42. The van der Waals surface area contributed by atoms with Crippen molar-refractivity contribution in [2.75, 3.05) is 13.1 Å². The number of halogens is 9. The van der Waals surface area contributed by atoms with Gasteiger partial charge in [0.15, 0.2) is 9.84 Å². The summed E-state index contributed by atoms with van der Waals surface area (Å²) >= 11 is 0. The first-order valence-electron chi connectivity index (χ1n) is 15.4. The van der Waals surface area contributed by atoms with E-state index in [1.54, 1.807) is 12.1 Å². The van der Waals surface area contributed by atoms with E-state index in [9.17, 15) is 52.7 Å². The van der Waals surface area contributed by atoms with Gasteiger partial charge in [-0.3, -0.25) is 4.79 Å². The number of rotatable bonds is 9. The molecule has 0 radical (unpaired) electrons. The minimum absolute atomic E-state index is 0.105. The number of nitrogens with zero attached hydrogens (tertiary/aromatic N) is 2. The van der Waals surface area contributed by atoms with Gasteiger partial charge in [-0.05, 0) is 72.5 Å². The second kappa shape index (κ2) is 14.3. The van der Waals surface area contributed by atoms with Crippen molar-refractivity contribution in [2.45, 2.75) is 53.5 Å². The van der Waals surface area contributed by atoms with Crippen LogP contribution in [0.25, 0.3) is 0 Å². The molecule has 0 atom stereocenters. The highest BCUT2D eigenvalue weighted by Crippen LogP contribution is 2.54. The highest BCUT2D eigenvalue weighted by molar-refractivity contribution is 7.92. The van der Waals surface area contributed by atoms with Gasteiger partial charge in [0.05, 0.1) is 29.6 Å². The van der Waals surface area contributed by atoms with Gasteiger partial charge in [-0.25, -0.2) is 21.6 Å². The molecule has 0 saturated carbocycles. The van der Waals surface area contributed by atoms with Crippen LogP contribution in [0.15, 0.2) is 95.9 Å². The number of nitriles is 1. The predicted octanol–water partition coefficient (Wildman–Crippen LogP) is 8.05. The molecule has 0 aromatic heterocycles. The first-order chi connectivity index (χ1) is 24.4. The quantitative estimate of drug-likeness (QED) is 0.128. The van der Waals surface area contributed by atoms with Gasteiger partial charge in [0.1, 0.15) is 22.2 Å². The molecule has 52 heavy (non-hydrogen) atoms. The Hall–Kier alpha value is -4.88. The molecule has 1 fully saturated rings. The molecule has 1 aliphatic rings. The highest BCUT2D eigenvalue weighted by atomic mass is 32.2. The summed E-state index contributed by atoms with van der Waals surface area (Å²) in [5.74, 6) is -4.06. The lowest BCUT2D eigenvalue weighted by atomic mass is 9.85. The zero-order chi connectivity index (χ0) is 38.1. The number of hydrogen-bond donors (Lipinski definition) is 0. The van der Waals surface area contributed by atoms with Crippen molar-refractivity contribution >= 4 is 15.7 Å². The van der Waals surface area contributed by atoms with Gasteiger partial charge in [-0.2, -0.15) is 31.6 Å². The molecule has 4 aromatic carbocycles. The Kier molecular flexibility index (Phi) is 10.5. The number of sulfone groups is 1. The Morgan fingerprint density at radius 1 is 0.788 bits per heavy atom. The lowest BCUT2D eigenvalue weighted by Crippen LogP contribution is -2.56. The maximum Gasteiger partial charge on any atom is 0.430 e. The van der Waals surface area contributed by atoms with Gasteiger partial charge in [0.25, 0.3) is 5.60 Å². The molecule has 0 N–H and O–H groups in total. The van der Waals surface area contributed by atoms with E-state index in [0.717, 1.165) is 42.5 Å². The maximum absolute atomic E-state index is 14.5. The van der Waals surface area contributed by atoms with E-state index in [2.05, 4.69) is 4.74 Å². The van der Waals surface area contributed by atoms with Gasteiger partial charge in [0, 0.05) is 24.2 Å². The summed E-state index contributed by atoms with van der Waals surface area (Å²) < 4.78 is 160. The van der Waals surface area contributed by atoms with Crippen molar-refractivity contribution in [2.24, 2.45) is 0 Å². The van der Waals surface area contributed by atoms with Crippen LogP contribution in [-0.4, -0.2) is 44.7 Å². The normalized spacial score (nSPS) is 15.3. The third-order valence-corrected chi connectivity index (χ3v) is 11.7. The second-order valence-electron chi connectivity index (χ2n) is 12.1. The molecule has 1 saturated heterocycles. The number of carbonyl (C=O) groups is 1. The second-order valence-corrected chi connectivity index (χ2v) is 14.3. The number of benzene rings is 4. The Bertz CT molecular complexity index is 2040. The summed E-state index contributed by atoms with van der Waals surface area (Å²) in [6.45, 7) is -2.15. The fraction of sp³-hybridized carbons (Fsp3) is 0.278. The number of amides is 1. The molecule has 4 aromatic rings. The first-order valence-corrected chi connectivity index (χ1v) is 16.9. The van der Waals surface area contributed by atoms with E-state index in [4.69, 9.17) is 5.26 Å². The van der Waals surface area contributed by atoms with Crippen LogP contribution < -0.4 is 0 Å². The smallest absolute Gasteiger partial charge is 0.349 e. The van der Waals surface area contributed by atoms with Crippen LogP contribution in [0, 0.1) is 28.8 Å². The third-order valence-electron chi connectivity index (χ3n) is 9.11. The maximum atomic E-state index is 14.5. The third kappa shape index (κ3) is 6.99. The molecule has 0 bridgehead atoms. The van der Waals surface area contributed by atoms with Gasteiger partial charge in [-0.1, -0.05) is 42.5 Å². The van der Waals surface area contributed by atoms with E-state index in [0.29, 0.717) is 35.4 Å². The van der Waals surface area contributed by atoms with Crippen molar-refractivity contribution in [3.05, 3.63) is 136 Å². The minimum Gasteiger partial charge on any atom is -0.349 e. The molecule has 1 aliphatic heterocycles. The van der Waals surface area contributed by atoms with Crippen molar-refractivity contribution in [3.8, 4) is 6.07 Å². The fourth-order valence-electron chi connectivity index (χ4n) is 6.25. The fourth-order valence-corrected chi connectivity index (χ4v) is 8.36. The molecule has 1 heterocycles. The van der Waals surface area contributed by atoms with E-state index in [1.807, 2.05) is 6.07 Å². The van der Waals surface area contributed by atoms with Crippen LogP contribution in [-0.2, 0) is 42.7 Å². The molecule has 0 aliphatic carbocycles. The Balaban J connectivity index is 1.54. The van der Waals surface area contributed by atoms with E-state index in [-0.39, 0.29) is 42.8 Å². The molecule has 0 spiro atoms. The largest absolute Gasteiger partial charge is 0.430 e. The van der Waals surface area contributed by atoms with Crippen LogP contribution in [0.5, 0.6) is 0 Å². The summed E-state index contributed by atoms with van der Waals surface area (Å²) in [4.78, 5) is 14.1. The van der Waals surface area contributed by atoms with Crippen molar-refractivity contribution in [3.63, 3.8) is 0 Å². The summed E-state index contributed by atoms with van der Waals surface area (Å²) in [6, 6.07) is 16.2. The Morgan fingerprint density at radius 3 is 1.83 bits per heavy atom. The predicted molar refractivity (Wildman–Crippen MR) is 167 cm³/mol. The molecule has 274 valence electrons. The number of likely N-dealkylation sites (tertiary alicyclic amines) is 1. The zero-order valence-electron chi connectivity index (χ0n) is 26.7. The van der Waals surface area contributed by atoms with Gasteiger partial charge < -0.3 is 9.64 Å². The molecular formula is C36H27F9N2O4S. The molecule has 0 unspecified atom stereocenters. The minimum atomic E-state index is -6.23. The van der Waals surface area contributed by atoms with Crippen molar-refractivity contribution < 1.29 is 57.5 Å². The monoisotopic (exact) mass is 754 g/mol. The zero-order valence-corrected chi connectivity index (χ0v) is 27.6. The van der Waals surface area contributed by atoms with Gasteiger partial charge in [-0.15, -0.1) is 0 Å². The average molecular weight is 755 g/mol. The van der Waals surface area contributed by atoms with Crippen LogP contribution in [0.1, 0.15) is 40.7 Å². The number of carbonyl (C=O) groups excluding carboxylic acids is 1. The molecule has 5 rings (SSSR count). The molecule has 16 heteroatoms. The van der Waals surface area contributed by atoms with Gasteiger partial charge in [0.2, 0.25) is 5.91 Å². The summed E-state index contributed by atoms with van der Waals surface area (Å²) in [6.07, 6.45) is -13.3. The first kappa shape index (κ1) is 38.4. The van der Waals surface area contributed by atoms with Crippen LogP contribution >= 0.6 is 0 Å². The van der Waals surface area contributed by atoms with Crippen LogP contribution in [0.3, 0.4) is 0 Å². The molecular weight excluding hydrogens is 727 g/mol. The Morgan fingerprint density at radius 2 is 1.33 bits per heavy atom. The van der Waals surface area contributed by atoms with E-state index >= 15 is 0 Å². The van der Waals surface area contributed by atoms with Crippen LogP contribution in [0.4, 0.5) is 39.5 Å². The number of alkyl halides is 6. The van der Waals surface area contributed by atoms with Crippen molar-refractivity contribution in [1.29, 1.82) is 5.26 Å². The topological polar surface area (TPSA) is 87.5 Å². The average Bonchev–Trinajstić information content (AvgIpc) is 3.09. The summed E-state index contributed by atoms with van der Waals surface area (Å²) in [5.41, 5.74) is -7.12. The number of piperidine rings is 1. The van der Waals surface area contributed by atoms with E-state index < -0.39 is 73.6 Å². The highest BCUT2D eigenvalue weighted by Gasteiger charge is 2.73. The standard InChI is InChI=1S/C36H27F9N2O4S/c37-27-12-14-28(15-13-27)52(49,50)33(16-18-47(19-17-33)32(48)20-23-4-6-24(21-46)7-5-23)25-8-10-26(11-9-25)34(35(40,41)42,36(43,44)45)51-22-29-30(38)2-1-3-31(29)39/h1-15H,16-20,22H2. The summed E-state index contributed by atoms with van der Waals surface area (Å²) in [5, 5.41) is 9.01. The SMILES string of the molecule is N#Cc1ccc(CC(=O)N2CCC(c3ccc(C(OCc4c(F)cccc4F)(C(F)(F)F)C(F)(F)F)cc3)(S(=O)(=O)c3ccc(F)cc3)CC2)cc1. The van der Waals surface area contributed by atoms with E-state index in [1.165, 1.54) is 17.0 Å². The van der Waals surface area contributed by atoms with Crippen molar-refractivity contribution in [1.82, 2.24) is 4.90 Å². The molecule has 6 nitrogen and oxygen atoms in total. The number of ether oxygens (including phenoxy) is 1. The lowest BCUT2D eigenvalue weighted by molar-refractivity contribution is -0.392. The van der Waals surface area contributed by atoms with Gasteiger partial charge >= 0.3 is 12.4 Å². The summed E-state index contributed by atoms with van der Waals surface area (Å²) in [7, 11) is -4.56. The van der Waals surface area contributed by atoms with Crippen LogP contribution in [0.2, 0.25) is 0 Å².